The molecule has 5 heteroatoms. The number of rotatable bonds is 9. The molecule has 1 heterocycles. The van der Waals surface area contributed by atoms with Crippen molar-refractivity contribution < 1.29 is 9.59 Å². The summed E-state index contributed by atoms with van der Waals surface area (Å²) < 4.78 is 0. The Bertz CT molecular complexity index is 874. The van der Waals surface area contributed by atoms with Crippen LogP contribution >= 0.6 is 9.24 Å². The molecule has 1 aliphatic heterocycles. The maximum absolute atomic E-state index is 12.5. The zero-order chi connectivity index (χ0) is 29.8. The molecule has 1 saturated heterocycles. The first-order valence-corrected chi connectivity index (χ1v) is 14.8. The molecule has 2 atom stereocenters. The molecule has 0 bridgehead atoms. The van der Waals surface area contributed by atoms with Gasteiger partial charge < -0.3 is 10.2 Å². The molecule has 0 aliphatic carbocycles. The van der Waals surface area contributed by atoms with Crippen molar-refractivity contribution in [3.05, 3.63) is 96.4 Å². The number of benzene rings is 1. The van der Waals surface area contributed by atoms with Crippen molar-refractivity contribution in [2.45, 2.75) is 85.5 Å². The fourth-order valence-electron chi connectivity index (χ4n) is 3.72. The van der Waals surface area contributed by atoms with Crippen molar-refractivity contribution in [1.82, 2.24) is 10.2 Å². The predicted octanol–water partition coefficient (Wildman–Crippen LogP) is 8.55. The summed E-state index contributed by atoms with van der Waals surface area (Å²) in [5.74, 6) is 0.113. The summed E-state index contributed by atoms with van der Waals surface area (Å²) in [6.07, 6.45) is 23.0. The van der Waals surface area contributed by atoms with Gasteiger partial charge in [0.05, 0.1) is 0 Å². The molecule has 2 amide bonds. The maximum Gasteiger partial charge on any atom is 0.247 e. The zero-order valence-electron chi connectivity index (χ0n) is 25.5. The largest absolute Gasteiger partial charge is 0.359 e. The molecular formula is C34H55N2O2P. The van der Waals surface area contributed by atoms with Gasteiger partial charge in [0.2, 0.25) is 12.3 Å². The Balaban J connectivity index is 0. The van der Waals surface area contributed by atoms with Gasteiger partial charge in [0, 0.05) is 25.7 Å². The summed E-state index contributed by atoms with van der Waals surface area (Å²) in [4.78, 5) is 24.0. The van der Waals surface area contributed by atoms with Crippen LogP contribution in [-0.2, 0) is 15.0 Å². The average molecular weight is 555 g/mol. The number of carbonyl (C=O) groups excluding carboxylic acids is 2. The monoisotopic (exact) mass is 554 g/mol. The molecule has 1 aromatic carbocycles. The van der Waals surface area contributed by atoms with Gasteiger partial charge in [0.25, 0.3) is 0 Å². The van der Waals surface area contributed by atoms with Crippen LogP contribution < -0.4 is 5.32 Å². The van der Waals surface area contributed by atoms with Gasteiger partial charge in [-0.1, -0.05) is 100 Å². The number of carbonyl (C=O) groups is 2. The molecule has 1 fully saturated rings. The smallest absolute Gasteiger partial charge is 0.247 e. The fraction of sp³-hybridized carbons (Fsp3) is 0.471. The third-order valence-electron chi connectivity index (χ3n) is 5.92. The van der Waals surface area contributed by atoms with Crippen LogP contribution in [0.25, 0.3) is 0 Å². The van der Waals surface area contributed by atoms with Gasteiger partial charge in [-0.3, -0.25) is 9.59 Å². The van der Waals surface area contributed by atoms with E-state index >= 15 is 0 Å². The molecule has 218 valence electrons. The number of hydrogen-bond acceptors (Lipinski definition) is 2. The van der Waals surface area contributed by atoms with Crippen molar-refractivity contribution in [2.24, 2.45) is 0 Å². The number of amides is 2. The highest BCUT2D eigenvalue weighted by Crippen LogP contribution is 2.35. The number of likely N-dealkylation sites (tertiary alicyclic amines) is 1. The Morgan fingerprint density at radius 3 is 2.21 bits per heavy atom. The van der Waals surface area contributed by atoms with E-state index in [1.807, 2.05) is 50.0 Å². The number of unbranched alkanes of at least 4 members (excludes halogenated alkanes) is 1. The SMILES string of the molecule is C/C=C\CCC.C=CC.CCCNC=O.C\C=C/C=C\C(P)=C\C(=O)N1CCCC(C)(c2ccccc2)CC1. The molecule has 0 aromatic heterocycles. The van der Waals surface area contributed by atoms with Crippen molar-refractivity contribution in [2.75, 3.05) is 19.6 Å². The first kappa shape index (κ1) is 38.4. The van der Waals surface area contributed by atoms with E-state index in [0.717, 1.165) is 50.6 Å². The summed E-state index contributed by atoms with van der Waals surface area (Å²) in [7, 11) is 2.63. The van der Waals surface area contributed by atoms with E-state index in [-0.39, 0.29) is 11.3 Å². The molecule has 2 rings (SSSR count). The summed E-state index contributed by atoms with van der Waals surface area (Å²) in [6, 6.07) is 10.7. The molecule has 0 spiro atoms. The maximum atomic E-state index is 12.5. The first-order valence-electron chi connectivity index (χ1n) is 14.3. The van der Waals surface area contributed by atoms with Crippen LogP contribution in [0.5, 0.6) is 0 Å². The predicted molar refractivity (Wildman–Crippen MR) is 176 cm³/mol. The molecule has 1 aromatic rings. The number of hydrogen-bond donors (Lipinski definition) is 1. The summed E-state index contributed by atoms with van der Waals surface area (Å²) in [5, 5.41) is 3.43. The zero-order valence-corrected chi connectivity index (χ0v) is 26.6. The van der Waals surface area contributed by atoms with Crippen molar-refractivity contribution in [3.8, 4) is 0 Å². The third kappa shape index (κ3) is 20.9. The van der Waals surface area contributed by atoms with Crippen LogP contribution in [0.1, 0.15) is 85.6 Å². The van der Waals surface area contributed by atoms with Gasteiger partial charge in [0.1, 0.15) is 0 Å². The van der Waals surface area contributed by atoms with Crippen LogP contribution in [0.3, 0.4) is 0 Å². The van der Waals surface area contributed by atoms with Crippen LogP contribution in [0.15, 0.2) is 90.8 Å². The van der Waals surface area contributed by atoms with Crippen LogP contribution in [-0.4, -0.2) is 36.9 Å². The van der Waals surface area contributed by atoms with Gasteiger partial charge >= 0.3 is 0 Å². The Morgan fingerprint density at radius 2 is 1.72 bits per heavy atom. The lowest BCUT2D eigenvalue weighted by atomic mass is 9.76. The highest BCUT2D eigenvalue weighted by Gasteiger charge is 2.30. The third-order valence-corrected chi connectivity index (χ3v) is 6.28. The summed E-state index contributed by atoms with van der Waals surface area (Å²) in [6.45, 7) is 18.2. The van der Waals surface area contributed by atoms with Crippen LogP contribution in [0.2, 0.25) is 0 Å². The lowest BCUT2D eigenvalue weighted by molar-refractivity contribution is -0.126. The number of nitrogens with zero attached hydrogens (tertiary/aromatic N) is 1. The van der Waals surface area contributed by atoms with Gasteiger partial charge in [-0.25, -0.2) is 0 Å². The number of allylic oxidation sites excluding steroid dienone is 8. The second-order valence-corrected chi connectivity index (χ2v) is 10.1. The minimum atomic E-state index is 0.113. The van der Waals surface area contributed by atoms with Crippen molar-refractivity contribution in [3.63, 3.8) is 0 Å². The van der Waals surface area contributed by atoms with E-state index < -0.39 is 0 Å². The van der Waals surface area contributed by atoms with Gasteiger partial charge in [0.15, 0.2) is 0 Å². The number of nitrogens with one attached hydrogen (secondary N) is 1. The molecule has 1 N–H and O–H groups in total. The minimum Gasteiger partial charge on any atom is -0.359 e. The topological polar surface area (TPSA) is 49.4 Å². The highest BCUT2D eigenvalue weighted by molar-refractivity contribution is 7.23. The van der Waals surface area contributed by atoms with Crippen LogP contribution in [0, 0.1) is 0 Å². The van der Waals surface area contributed by atoms with E-state index in [9.17, 15) is 9.59 Å². The standard InChI is InChI=1S/C21H28NOP.C6H12.C4H9NO.C3H6/c1-3-4-6-12-19(24)17-20(23)22-15-9-13-21(2,14-16-22)18-10-7-5-8-11-18;1-3-5-6-4-2;1-2-3-5-4-6;1-3-2/h3-8,10-12,17H,9,13-16,24H2,1-2H3;3,5H,4,6H2,1-2H3;4H,2-3H2,1H3,(H,5,6);3H,1H2,2H3/b4-3-,12-6-,19-17-;5-3-;;. The van der Waals surface area contributed by atoms with E-state index in [1.54, 1.807) is 12.2 Å². The second kappa shape index (κ2) is 26.9. The Kier molecular flexibility index (Phi) is 26.5. The lowest BCUT2D eigenvalue weighted by Gasteiger charge is -2.29. The van der Waals surface area contributed by atoms with Crippen molar-refractivity contribution >= 4 is 21.6 Å². The van der Waals surface area contributed by atoms with Crippen molar-refractivity contribution in [1.29, 1.82) is 0 Å². The first-order chi connectivity index (χ1) is 18.8. The van der Waals surface area contributed by atoms with E-state index in [2.05, 4.69) is 84.4 Å². The Morgan fingerprint density at radius 1 is 1.05 bits per heavy atom. The molecule has 4 nitrogen and oxygen atoms in total. The van der Waals surface area contributed by atoms with Gasteiger partial charge in [-0.15, -0.1) is 15.8 Å². The summed E-state index contributed by atoms with van der Waals surface area (Å²) >= 11 is 0. The van der Waals surface area contributed by atoms with Gasteiger partial charge in [-0.2, -0.15) is 0 Å². The molecule has 1 aliphatic rings. The fourth-order valence-corrected chi connectivity index (χ4v) is 3.98. The molecule has 39 heavy (non-hydrogen) atoms. The Labute approximate surface area is 242 Å². The highest BCUT2D eigenvalue weighted by atomic mass is 31.0. The van der Waals surface area contributed by atoms with Crippen LogP contribution in [0.4, 0.5) is 0 Å². The summed E-state index contributed by atoms with van der Waals surface area (Å²) in [5.41, 5.74) is 1.55. The van der Waals surface area contributed by atoms with E-state index in [4.69, 9.17) is 0 Å². The molecule has 0 radical (unpaired) electrons. The molecule has 2 unspecified atom stereocenters. The van der Waals surface area contributed by atoms with E-state index in [0.29, 0.717) is 6.41 Å². The van der Waals surface area contributed by atoms with Gasteiger partial charge in [-0.05, 0) is 69.2 Å². The normalized spacial score (nSPS) is 17.2. The molecular weight excluding hydrogens is 499 g/mol. The average Bonchev–Trinajstić information content (AvgIpc) is 3.15. The quantitative estimate of drug-likeness (QED) is 0.0830. The minimum absolute atomic E-state index is 0.113. The Hall–Kier alpha value is -2.71. The second-order valence-electron chi connectivity index (χ2n) is 9.47. The molecule has 0 saturated carbocycles. The lowest BCUT2D eigenvalue weighted by Crippen LogP contribution is -2.31. The van der Waals surface area contributed by atoms with E-state index in [1.165, 1.54) is 18.4 Å².